The normalized spacial score (nSPS) is 10.1. The van der Waals surface area contributed by atoms with Gasteiger partial charge in [-0.2, -0.15) is 0 Å². The zero-order valence-electron chi connectivity index (χ0n) is 14.9. The highest BCUT2D eigenvalue weighted by Crippen LogP contribution is 2.24. The highest BCUT2D eigenvalue weighted by molar-refractivity contribution is 7.80. The minimum atomic E-state index is -0.349. The number of para-hydroxylation sites is 1. The summed E-state index contributed by atoms with van der Waals surface area (Å²) in [5.74, 6) is 1.48. The Labute approximate surface area is 173 Å². The molecular formula is C21H17ClN2O3S. The molecule has 0 aliphatic carbocycles. The second kappa shape index (κ2) is 9.21. The Morgan fingerprint density at radius 2 is 1.54 bits per heavy atom. The van der Waals surface area contributed by atoms with Crippen LogP contribution >= 0.6 is 23.8 Å². The van der Waals surface area contributed by atoms with E-state index in [1.54, 1.807) is 72.8 Å². The average Bonchev–Trinajstić information content (AvgIpc) is 2.71. The van der Waals surface area contributed by atoms with Crippen molar-refractivity contribution in [1.29, 1.82) is 0 Å². The number of hydrogen-bond acceptors (Lipinski definition) is 4. The van der Waals surface area contributed by atoms with Crippen molar-refractivity contribution >= 4 is 40.5 Å². The van der Waals surface area contributed by atoms with Crippen LogP contribution in [0.15, 0.2) is 72.8 Å². The van der Waals surface area contributed by atoms with Gasteiger partial charge in [0, 0.05) is 10.7 Å². The lowest BCUT2D eigenvalue weighted by molar-refractivity contribution is 0.0975. The maximum atomic E-state index is 12.4. The quantitative estimate of drug-likeness (QED) is 0.559. The van der Waals surface area contributed by atoms with Gasteiger partial charge in [0.05, 0.1) is 12.7 Å². The molecule has 5 nitrogen and oxygen atoms in total. The standard InChI is InChI=1S/C21H17ClN2O3S/c1-26-19-5-3-2-4-18(19)20(25)24-21(28)23-15-8-12-17(13-9-15)27-16-10-6-14(22)7-11-16/h2-13H,1H3,(H2,23,24,25,28). The number of thiocarbonyl (C=S) groups is 1. The number of benzene rings is 3. The Morgan fingerprint density at radius 3 is 2.18 bits per heavy atom. The van der Waals surface area contributed by atoms with Crippen molar-refractivity contribution in [3.05, 3.63) is 83.4 Å². The van der Waals surface area contributed by atoms with Gasteiger partial charge in [0.15, 0.2) is 5.11 Å². The third kappa shape index (κ3) is 5.22. The summed E-state index contributed by atoms with van der Waals surface area (Å²) in [6.07, 6.45) is 0. The molecule has 3 rings (SSSR count). The topological polar surface area (TPSA) is 59.6 Å². The van der Waals surface area contributed by atoms with E-state index in [0.717, 1.165) is 0 Å². The molecule has 3 aromatic carbocycles. The molecule has 142 valence electrons. The third-order valence-electron chi connectivity index (χ3n) is 3.74. The second-order valence-electron chi connectivity index (χ2n) is 5.69. The molecule has 0 unspecified atom stereocenters. The molecule has 28 heavy (non-hydrogen) atoms. The van der Waals surface area contributed by atoms with Gasteiger partial charge in [0.25, 0.3) is 5.91 Å². The van der Waals surface area contributed by atoms with Crippen molar-refractivity contribution in [1.82, 2.24) is 5.32 Å². The van der Waals surface area contributed by atoms with Gasteiger partial charge in [-0.05, 0) is 72.9 Å². The van der Waals surface area contributed by atoms with Crippen molar-refractivity contribution in [3.8, 4) is 17.2 Å². The minimum absolute atomic E-state index is 0.183. The number of anilines is 1. The molecule has 0 bridgehead atoms. The van der Waals surface area contributed by atoms with Crippen LogP contribution in [0.5, 0.6) is 17.2 Å². The molecule has 0 aliphatic rings. The lowest BCUT2D eigenvalue weighted by Crippen LogP contribution is -2.34. The van der Waals surface area contributed by atoms with Gasteiger partial charge in [-0.1, -0.05) is 23.7 Å². The van der Waals surface area contributed by atoms with Crippen LogP contribution in [0, 0.1) is 0 Å². The maximum Gasteiger partial charge on any atom is 0.261 e. The lowest BCUT2D eigenvalue weighted by atomic mass is 10.2. The number of nitrogens with one attached hydrogen (secondary N) is 2. The van der Waals surface area contributed by atoms with E-state index in [2.05, 4.69) is 10.6 Å². The van der Waals surface area contributed by atoms with Gasteiger partial charge in [-0.3, -0.25) is 10.1 Å². The number of ether oxygens (including phenoxy) is 2. The molecule has 1 amide bonds. The predicted molar refractivity (Wildman–Crippen MR) is 115 cm³/mol. The van der Waals surface area contributed by atoms with E-state index in [9.17, 15) is 4.79 Å². The fraction of sp³-hybridized carbons (Fsp3) is 0.0476. The largest absolute Gasteiger partial charge is 0.496 e. The molecule has 0 saturated carbocycles. The van der Waals surface area contributed by atoms with Crippen LogP contribution in [0.1, 0.15) is 10.4 Å². The van der Waals surface area contributed by atoms with Crippen molar-refractivity contribution in [3.63, 3.8) is 0 Å². The first-order valence-electron chi connectivity index (χ1n) is 8.34. The Bertz CT molecular complexity index is 976. The maximum absolute atomic E-state index is 12.4. The van der Waals surface area contributed by atoms with Gasteiger partial charge < -0.3 is 14.8 Å². The van der Waals surface area contributed by atoms with Crippen molar-refractivity contribution < 1.29 is 14.3 Å². The van der Waals surface area contributed by atoms with Gasteiger partial charge >= 0.3 is 0 Å². The van der Waals surface area contributed by atoms with Crippen LogP contribution in [-0.2, 0) is 0 Å². The van der Waals surface area contributed by atoms with Crippen LogP contribution in [0.25, 0.3) is 0 Å². The number of hydrogen-bond donors (Lipinski definition) is 2. The minimum Gasteiger partial charge on any atom is -0.496 e. The monoisotopic (exact) mass is 412 g/mol. The van der Waals surface area contributed by atoms with Crippen LogP contribution in [-0.4, -0.2) is 18.1 Å². The number of carbonyl (C=O) groups excluding carboxylic acids is 1. The summed E-state index contributed by atoms with van der Waals surface area (Å²) in [5, 5.41) is 6.43. The van der Waals surface area contributed by atoms with Crippen molar-refractivity contribution in [2.24, 2.45) is 0 Å². The van der Waals surface area contributed by atoms with Crippen molar-refractivity contribution in [2.45, 2.75) is 0 Å². The molecule has 0 aromatic heterocycles. The molecule has 0 aliphatic heterocycles. The van der Waals surface area contributed by atoms with Gasteiger partial charge in [-0.15, -0.1) is 0 Å². The Kier molecular flexibility index (Phi) is 6.47. The fourth-order valence-corrected chi connectivity index (χ4v) is 2.75. The molecule has 7 heteroatoms. The highest BCUT2D eigenvalue weighted by atomic mass is 35.5. The first-order valence-corrected chi connectivity index (χ1v) is 9.12. The summed E-state index contributed by atoms with van der Waals surface area (Å²) in [6.45, 7) is 0. The van der Waals surface area contributed by atoms with Crippen molar-refractivity contribution in [2.75, 3.05) is 12.4 Å². The second-order valence-corrected chi connectivity index (χ2v) is 6.53. The summed E-state index contributed by atoms with van der Waals surface area (Å²) in [5.41, 5.74) is 1.12. The molecule has 0 fully saturated rings. The summed E-state index contributed by atoms with van der Waals surface area (Å²) in [7, 11) is 1.51. The highest BCUT2D eigenvalue weighted by Gasteiger charge is 2.12. The summed E-state index contributed by atoms with van der Waals surface area (Å²) >= 11 is 11.1. The Balaban J connectivity index is 1.58. The number of halogens is 1. The van der Waals surface area contributed by atoms with Gasteiger partial charge in [-0.25, -0.2) is 0 Å². The van der Waals surface area contributed by atoms with Gasteiger partial charge in [0.1, 0.15) is 17.2 Å². The average molecular weight is 413 g/mol. The van der Waals surface area contributed by atoms with E-state index in [1.807, 2.05) is 0 Å². The van der Waals surface area contributed by atoms with Crippen LogP contribution in [0.2, 0.25) is 5.02 Å². The number of carbonyl (C=O) groups is 1. The SMILES string of the molecule is COc1ccccc1C(=O)NC(=S)Nc1ccc(Oc2ccc(Cl)cc2)cc1. The van der Waals surface area contributed by atoms with Crippen LogP contribution in [0.3, 0.4) is 0 Å². The van der Waals surface area contributed by atoms with E-state index >= 15 is 0 Å². The van der Waals surface area contributed by atoms with E-state index in [0.29, 0.717) is 33.5 Å². The Hall–Kier alpha value is -3.09. The molecule has 3 aromatic rings. The third-order valence-corrected chi connectivity index (χ3v) is 4.20. The molecule has 0 atom stereocenters. The number of methoxy groups -OCH3 is 1. The summed E-state index contributed by atoms with van der Waals surface area (Å²) in [4.78, 5) is 12.4. The predicted octanol–water partition coefficient (Wildman–Crippen LogP) is 5.27. The van der Waals surface area contributed by atoms with Gasteiger partial charge in [0.2, 0.25) is 0 Å². The molecule has 0 radical (unpaired) electrons. The van der Waals surface area contributed by atoms with Crippen LogP contribution in [0.4, 0.5) is 5.69 Å². The first kappa shape index (κ1) is 19.7. The number of amides is 1. The molecule has 0 spiro atoms. The smallest absolute Gasteiger partial charge is 0.261 e. The molecular weight excluding hydrogens is 396 g/mol. The summed E-state index contributed by atoms with van der Waals surface area (Å²) < 4.78 is 10.9. The fourth-order valence-electron chi connectivity index (χ4n) is 2.41. The zero-order valence-corrected chi connectivity index (χ0v) is 16.5. The van der Waals surface area contributed by atoms with E-state index in [1.165, 1.54) is 7.11 Å². The number of rotatable bonds is 5. The first-order chi connectivity index (χ1) is 13.5. The molecule has 0 heterocycles. The summed E-state index contributed by atoms with van der Waals surface area (Å²) in [6, 6.07) is 21.2. The van der Waals surface area contributed by atoms with E-state index < -0.39 is 0 Å². The molecule has 2 N–H and O–H groups in total. The lowest BCUT2D eigenvalue weighted by Gasteiger charge is -2.12. The van der Waals surface area contributed by atoms with Crippen LogP contribution < -0.4 is 20.1 Å². The Morgan fingerprint density at radius 1 is 0.929 bits per heavy atom. The van der Waals surface area contributed by atoms with E-state index in [-0.39, 0.29) is 11.0 Å². The zero-order chi connectivity index (χ0) is 19.9. The molecule has 0 saturated heterocycles. The van der Waals surface area contributed by atoms with E-state index in [4.69, 9.17) is 33.3 Å².